The van der Waals surface area contributed by atoms with Crippen LogP contribution >= 0.6 is 0 Å². The highest BCUT2D eigenvalue weighted by Crippen LogP contribution is 2.23. The number of benzene rings is 2. The minimum absolute atomic E-state index is 0.184. The normalized spacial score (nSPS) is 15.0. The smallest absolute Gasteiger partial charge is 0.233 e. The standard InChI is InChI=1S/C21H23N4O2/c1-15(20(22)27)21-23-12-5-13-25(21)18-10-8-17(9-11-18)24-19(26)14-16-6-3-2-4-7-16/h2-4,6-11,14-15H,5,12-13H2,1H3,(H2,22,27)(H,24,26). The lowest BCUT2D eigenvalue weighted by Gasteiger charge is -2.31. The number of nitrogens with one attached hydrogen (secondary N) is 1. The molecule has 27 heavy (non-hydrogen) atoms. The molecule has 0 saturated heterocycles. The summed E-state index contributed by atoms with van der Waals surface area (Å²) in [6.45, 7) is 3.25. The Balaban J connectivity index is 1.67. The average molecular weight is 363 g/mol. The highest BCUT2D eigenvalue weighted by atomic mass is 16.2. The van der Waals surface area contributed by atoms with Crippen LogP contribution in [0.5, 0.6) is 0 Å². The van der Waals surface area contributed by atoms with Crippen molar-refractivity contribution in [1.29, 1.82) is 0 Å². The maximum atomic E-state index is 12.1. The molecule has 3 N–H and O–H groups in total. The molecule has 1 unspecified atom stereocenters. The summed E-state index contributed by atoms with van der Waals surface area (Å²) < 4.78 is 0. The molecule has 1 radical (unpaired) electrons. The zero-order chi connectivity index (χ0) is 19.2. The third-order valence-corrected chi connectivity index (χ3v) is 4.45. The van der Waals surface area contributed by atoms with Crippen molar-refractivity contribution < 1.29 is 9.59 Å². The molecule has 1 heterocycles. The van der Waals surface area contributed by atoms with Gasteiger partial charge in [0, 0.05) is 24.5 Å². The van der Waals surface area contributed by atoms with E-state index in [0.29, 0.717) is 18.1 Å². The Morgan fingerprint density at radius 1 is 1.15 bits per heavy atom. The number of carbonyl (C=O) groups excluding carboxylic acids is 2. The molecule has 0 saturated carbocycles. The van der Waals surface area contributed by atoms with E-state index in [9.17, 15) is 9.59 Å². The Kier molecular flexibility index (Phi) is 5.86. The molecular formula is C21H23N4O2. The van der Waals surface area contributed by atoms with E-state index in [4.69, 9.17) is 5.73 Å². The molecule has 1 atom stereocenters. The minimum Gasteiger partial charge on any atom is -0.369 e. The van der Waals surface area contributed by atoms with Crippen molar-refractivity contribution in [3.8, 4) is 0 Å². The molecule has 2 aromatic rings. The molecule has 0 spiro atoms. The van der Waals surface area contributed by atoms with Gasteiger partial charge in [-0.3, -0.25) is 14.6 Å². The second-order valence-corrected chi connectivity index (χ2v) is 6.46. The molecular weight excluding hydrogens is 340 g/mol. The lowest BCUT2D eigenvalue weighted by atomic mass is 10.1. The van der Waals surface area contributed by atoms with Crippen molar-refractivity contribution in [2.45, 2.75) is 13.3 Å². The second kappa shape index (κ2) is 8.49. The number of aliphatic imine (C=N–C) groups is 1. The molecule has 2 amide bonds. The van der Waals surface area contributed by atoms with Crippen LogP contribution in [0.1, 0.15) is 18.9 Å². The predicted octanol–water partition coefficient (Wildman–Crippen LogP) is 2.61. The summed E-state index contributed by atoms with van der Waals surface area (Å²) in [6, 6.07) is 16.9. The number of amides is 2. The molecule has 1 aliphatic heterocycles. The molecule has 1 aliphatic rings. The Hall–Kier alpha value is -3.15. The van der Waals surface area contributed by atoms with E-state index in [2.05, 4.69) is 10.3 Å². The SMILES string of the molecule is CC(C(N)=O)C1=NCCCN1c1ccc(NC(=O)[CH]c2ccccc2)cc1. The van der Waals surface area contributed by atoms with Gasteiger partial charge in [0.25, 0.3) is 0 Å². The van der Waals surface area contributed by atoms with Crippen molar-refractivity contribution in [3.63, 3.8) is 0 Å². The Bertz CT molecular complexity index is 831. The first-order chi connectivity index (χ1) is 13.0. The van der Waals surface area contributed by atoms with Gasteiger partial charge < -0.3 is 16.0 Å². The first-order valence-corrected chi connectivity index (χ1v) is 8.96. The monoisotopic (exact) mass is 363 g/mol. The Morgan fingerprint density at radius 2 is 1.85 bits per heavy atom. The van der Waals surface area contributed by atoms with Gasteiger partial charge in [0.1, 0.15) is 5.84 Å². The number of hydrogen-bond acceptors (Lipinski definition) is 4. The van der Waals surface area contributed by atoms with Crippen molar-refractivity contribution in [2.75, 3.05) is 23.3 Å². The average Bonchev–Trinajstić information content (AvgIpc) is 2.68. The number of rotatable bonds is 6. The van der Waals surface area contributed by atoms with E-state index in [-0.39, 0.29) is 11.8 Å². The van der Waals surface area contributed by atoms with E-state index >= 15 is 0 Å². The van der Waals surface area contributed by atoms with Gasteiger partial charge in [-0.1, -0.05) is 30.3 Å². The quantitative estimate of drug-likeness (QED) is 0.827. The fraction of sp³-hybridized carbons (Fsp3) is 0.238. The van der Waals surface area contributed by atoms with Crippen LogP contribution in [0.25, 0.3) is 0 Å². The summed E-state index contributed by atoms with van der Waals surface area (Å²) in [5.74, 6) is -0.314. The van der Waals surface area contributed by atoms with Gasteiger partial charge in [0.2, 0.25) is 11.8 Å². The van der Waals surface area contributed by atoms with E-state index < -0.39 is 5.92 Å². The van der Waals surface area contributed by atoms with Crippen molar-refractivity contribution in [3.05, 3.63) is 66.6 Å². The van der Waals surface area contributed by atoms with Crippen LogP contribution in [0.15, 0.2) is 59.6 Å². The van der Waals surface area contributed by atoms with Gasteiger partial charge in [0.05, 0.1) is 12.3 Å². The van der Waals surface area contributed by atoms with Crippen molar-refractivity contribution in [2.24, 2.45) is 16.6 Å². The first-order valence-electron chi connectivity index (χ1n) is 8.96. The highest BCUT2D eigenvalue weighted by Gasteiger charge is 2.25. The fourth-order valence-electron chi connectivity index (χ4n) is 2.99. The van der Waals surface area contributed by atoms with Gasteiger partial charge >= 0.3 is 0 Å². The van der Waals surface area contributed by atoms with E-state index in [0.717, 1.165) is 24.2 Å². The van der Waals surface area contributed by atoms with Crippen molar-refractivity contribution in [1.82, 2.24) is 0 Å². The van der Waals surface area contributed by atoms with Gasteiger partial charge in [-0.15, -0.1) is 0 Å². The molecule has 0 fully saturated rings. The number of nitrogens with zero attached hydrogens (tertiary/aromatic N) is 2. The molecule has 0 aromatic heterocycles. The molecule has 139 valence electrons. The zero-order valence-electron chi connectivity index (χ0n) is 15.3. The van der Waals surface area contributed by atoms with Gasteiger partial charge in [-0.2, -0.15) is 0 Å². The Labute approximate surface area is 159 Å². The first kappa shape index (κ1) is 18.6. The summed E-state index contributed by atoms with van der Waals surface area (Å²) in [6.07, 6.45) is 2.47. The molecule has 6 nitrogen and oxygen atoms in total. The zero-order valence-corrected chi connectivity index (χ0v) is 15.3. The number of hydrogen-bond donors (Lipinski definition) is 2. The number of primary amides is 1. The second-order valence-electron chi connectivity index (χ2n) is 6.46. The maximum Gasteiger partial charge on any atom is 0.233 e. The fourth-order valence-corrected chi connectivity index (χ4v) is 2.99. The summed E-state index contributed by atoms with van der Waals surface area (Å²) in [4.78, 5) is 30.2. The summed E-state index contributed by atoms with van der Waals surface area (Å²) in [7, 11) is 0. The molecule has 6 heteroatoms. The highest BCUT2D eigenvalue weighted by molar-refractivity contribution is 6.10. The molecule has 0 bridgehead atoms. The van der Waals surface area contributed by atoms with Crippen molar-refractivity contribution >= 4 is 29.0 Å². The van der Waals surface area contributed by atoms with Crippen LogP contribution in [0.3, 0.4) is 0 Å². The summed E-state index contributed by atoms with van der Waals surface area (Å²) >= 11 is 0. The van der Waals surface area contributed by atoms with E-state index in [1.165, 1.54) is 0 Å². The third-order valence-electron chi connectivity index (χ3n) is 4.45. The number of amidine groups is 1. The van der Waals surface area contributed by atoms with Gasteiger partial charge in [-0.25, -0.2) is 0 Å². The third kappa shape index (κ3) is 4.73. The minimum atomic E-state index is -0.440. The Morgan fingerprint density at radius 3 is 2.52 bits per heavy atom. The van der Waals surface area contributed by atoms with Gasteiger partial charge in [-0.05, 0) is 43.2 Å². The van der Waals surface area contributed by atoms with Crippen LogP contribution in [0.2, 0.25) is 0 Å². The maximum absolute atomic E-state index is 12.1. The predicted molar refractivity (Wildman–Crippen MR) is 108 cm³/mol. The number of anilines is 2. The number of carbonyl (C=O) groups is 2. The molecule has 2 aromatic carbocycles. The van der Waals surface area contributed by atoms with Crippen LogP contribution < -0.4 is 16.0 Å². The lowest BCUT2D eigenvalue weighted by molar-refractivity contribution is -0.119. The summed E-state index contributed by atoms with van der Waals surface area (Å²) in [5.41, 5.74) is 7.93. The van der Waals surface area contributed by atoms with Crippen LogP contribution in [-0.2, 0) is 9.59 Å². The van der Waals surface area contributed by atoms with E-state index in [1.54, 1.807) is 13.3 Å². The topological polar surface area (TPSA) is 87.8 Å². The number of nitrogens with two attached hydrogens (primary N) is 1. The lowest BCUT2D eigenvalue weighted by Crippen LogP contribution is -2.43. The van der Waals surface area contributed by atoms with Crippen LogP contribution in [-0.4, -0.2) is 30.7 Å². The molecule has 0 aliphatic carbocycles. The largest absolute Gasteiger partial charge is 0.369 e. The van der Waals surface area contributed by atoms with E-state index in [1.807, 2.05) is 59.5 Å². The molecule has 3 rings (SSSR count). The van der Waals surface area contributed by atoms with Crippen LogP contribution in [0, 0.1) is 12.3 Å². The van der Waals surface area contributed by atoms with Crippen LogP contribution in [0.4, 0.5) is 11.4 Å². The van der Waals surface area contributed by atoms with Gasteiger partial charge in [0.15, 0.2) is 0 Å². The summed E-state index contributed by atoms with van der Waals surface area (Å²) in [5, 5.41) is 2.86.